The molecule has 0 aliphatic carbocycles. The molecule has 4 aromatic rings. The molecule has 0 fully saturated rings. The summed E-state index contributed by atoms with van der Waals surface area (Å²) in [6, 6.07) is 11.6. The van der Waals surface area contributed by atoms with Crippen LogP contribution in [0.2, 0.25) is 0 Å². The molecule has 0 bridgehead atoms. The van der Waals surface area contributed by atoms with E-state index >= 15 is 0 Å². The Kier molecular flexibility index (Phi) is 5.17. The van der Waals surface area contributed by atoms with Gasteiger partial charge in [0, 0.05) is 11.3 Å². The Hall–Kier alpha value is -3.39. The standard InChI is InChI=1S/C22H19FN4O2S/c1-12-7-8-17(13(2)9-12)19-21-20(24-14(3)30-21)22(29)27(26-19)11-18(28)25-16-6-4-5-15(23)10-16/h4-10H,11H2,1-3H3,(H,25,28). The molecule has 0 atom stereocenters. The highest BCUT2D eigenvalue weighted by molar-refractivity contribution is 7.19. The number of halogens is 1. The average molecular weight is 422 g/mol. The fourth-order valence-electron chi connectivity index (χ4n) is 3.33. The lowest BCUT2D eigenvalue weighted by Crippen LogP contribution is -2.30. The van der Waals surface area contributed by atoms with Crippen molar-refractivity contribution >= 4 is 33.1 Å². The summed E-state index contributed by atoms with van der Waals surface area (Å²) >= 11 is 1.40. The van der Waals surface area contributed by atoms with Crippen LogP contribution in [0.1, 0.15) is 16.1 Å². The molecule has 2 aromatic carbocycles. The number of aromatic nitrogens is 3. The molecule has 30 heavy (non-hydrogen) atoms. The second-order valence-electron chi connectivity index (χ2n) is 7.10. The van der Waals surface area contributed by atoms with E-state index < -0.39 is 17.3 Å². The molecule has 6 nitrogen and oxygen atoms in total. The molecule has 0 aliphatic rings. The van der Waals surface area contributed by atoms with Gasteiger partial charge in [0.2, 0.25) is 5.91 Å². The van der Waals surface area contributed by atoms with E-state index in [4.69, 9.17) is 0 Å². The first-order valence-corrected chi connectivity index (χ1v) is 10.1. The SMILES string of the molecule is Cc1ccc(-c2nn(CC(=O)Nc3cccc(F)c3)c(=O)c3nc(C)sc23)c(C)c1. The normalized spacial score (nSPS) is 11.1. The van der Waals surface area contributed by atoms with Crippen LogP contribution in [0.3, 0.4) is 0 Å². The lowest BCUT2D eigenvalue weighted by atomic mass is 10.0. The number of anilines is 1. The molecule has 1 amide bonds. The Bertz CT molecular complexity index is 1340. The third kappa shape index (κ3) is 3.86. The maximum absolute atomic E-state index is 13.4. The van der Waals surface area contributed by atoms with Crippen LogP contribution in [-0.4, -0.2) is 20.7 Å². The summed E-state index contributed by atoms with van der Waals surface area (Å²) in [5, 5.41) is 7.85. The molecule has 2 heterocycles. The number of hydrogen-bond acceptors (Lipinski definition) is 5. The van der Waals surface area contributed by atoms with Gasteiger partial charge in [-0.15, -0.1) is 11.3 Å². The van der Waals surface area contributed by atoms with E-state index in [1.807, 2.05) is 39.0 Å². The first-order valence-electron chi connectivity index (χ1n) is 9.33. The molecule has 0 aliphatic heterocycles. The zero-order valence-electron chi connectivity index (χ0n) is 16.7. The minimum absolute atomic E-state index is 0.293. The number of carbonyl (C=O) groups excluding carboxylic acids is 1. The number of nitrogens with one attached hydrogen (secondary N) is 1. The number of amides is 1. The summed E-state index contributed by atoms with van der Waals surface area (Å²) in [4.78, 5) is 29.8. The molecule has 1 N–H and O–H groups in total. The van der Waals surface area contributed by atoms with E-state index in [9.17, 15) is 14.0 Å². The summed E-state index contributed by atoms with van der Waals surface area (Å²) < 4.78 is 15.2. The minimum Gasteiger partial charge on any atom is -0.324 e. The predicted molar refractivity (Wildman–Crippen MR) is 116 cm³/mol. The van der Waals surface area contributed by atoms with Crippen LogP contribution < -0.4 is 10.9 Å². The Balaban J connectivity index is 1.77. The maximum Gasteiger partial charge on any atom is 0.294 e. The molecular formula is C22H19FN4O2S. The van der Waals surface area contributed by atoms with Crippen LogP contribution in [0.5, 0.6) is 0 Å². The average Bonchev–Trinajstić information content (AvgIpc) is 3.06. The maximum atomic E-state index is 13.4. The van der Waals surface area contributed by atoms with Gasteiger partial charge < -0.3 is 5.32 Å². The molecule has 0 saturated heterocycles. The fraction of sp³-hybridized carbons (Fsp3) is 0.182. The Morgan fingerprint density at radius 3 is 2.70 bits per heavy atom. The first kappa shape index (κ1) is 19.9. The van der Waals surface area contributed by atoms with E-state index in [0.29, 0.717) is 21.6 Å². The van der Waals surface area contributed by atoms with E-state index in [-0.39, 0.29) is 6.54 Å². The van der Waals surface area contributed by atoms with E-state index in [2.05, 4.69) is 15.4 Å². The monoisotopic (exact) mass is 422 g/mol. The third-order valence-electron chi connectivity index (χ3n) is 4.65. The Labute approximate surface area is 176 Å². The molecule has 8 heteroatoms. The lowest BCUT2D eigenvalue weighted by Gasteiger charge is -2.11. The molecule has 0 spiro atoms. The van der Waals surface area contributed by atoms with E-state index in [1.165, 1.54) is 29.5 Å². The highest BCUT2D eigenvalue weighted by Crippen LogP contribution is 2.31. The molecule has 0 unspecified atom stereocenters. The number of nitrogens with zero attached hydrogens (tertiary/aromatic N) is 3. The van der Waals surface area contributed by atoms with Crippen molar-refractivity contribution < 1.29 is 9.18 Å². The van der Waals surface area contributed by atoms with Crippen LogP contribution in [0.4, 0.5) is 10.1 Å². The largest absolute Gasteiger partial charge is 0.324 e. The second kappa shape index (κ2) is 7.79. The van der Waals surface area contributed by atoms with Gasteiger partial charge in [-0.05, 0) is 44.5 Å². The summed E-state index contributed by atoms with van der Waals surface area (Å²) in [5.41, 5.74) is 3.81. The van der Waals surface area contributed by atoms with Crippen molar-refractivity contribution in [1.29, 1.82) is 0 Å². The number of carbonyl (C=O) groups is 1. The van der Waals surface area contributed by atoms with Crippen molar-refractivity contribution in [3.05, 3.63) is 74.8 Å². The number of hydrogen-bond donors (Lipinski definition) is 1. The number of rotatable bonds is 4. The van der Waals surface area contributed by atoms with Gasteiger partial charge in [0.25, 0.3) is 5.56 Å². The van der Waals surface area contributed by atoms with Crippen LogP contribution >= 0.6 is 11.3 Å². The quantitative estimate of drug-likeness (QED) is 0.534. The smallest absolute Gasteiger partial charge is 0.294 e. The van der Waals surface area contributed by atoms with Crippen LogP contribution in [-0.2, 0) is 11.3 Å². The molecule has 152 valence electrons. The molecular weight excluding hydrogens is 403 g/mol. The van der Waals surface area contributed by atoms with Gasteiger partial charge in [0.1, 0.15) is 18.1 Å². The zero-order chi connectivity index (χ0) is 21.4. The van der Waals surface area contributed by atoms with Crippen LogP contribution in [0, 0.1) is 26.6 Å². The highest BCUT2D eigenvalue weighted by Gasteiger charge is 2.19. The summed E-state index contributed by atoms with van der Waals surface area (Å²) in [5.74, 6) is -0.937. The topological polar surface area (TPSA) is 76.9 Å². The molecule has 2 aromatic heterocycles. The van der Waals surface area contributed by atoms with Gasteiger partial charge in [0.15, 0.2) is 5.52 Å². The zero-order valence-corrected chi connectivity index (χ0v) is 17.5. The van der Waals surface area contributed by atoms with Crippen LogP contribution in [0.15, 0.2) is 47.3 Å². The van der Waals surface area contributed by atoms with Crippen molar-refractivity contribution in [2.24, 2.45) is 0 Å². The predicted octanol–water partition coefficient (Wildman–Crippen LogP) is 4.22. The fourth-order valence-corrected chi connectivity index (χ4v) is 4.24. The van der Waals surface area contributed by atoms with Crippen molar-refractivity contribution in [2.75, 3.05) is 5.32 Å². The number of fused-ring (bicyclic) bond motifs is 1. The van der Waals surface area contributed by atoms with Gasteiger partial charge >= 0.3 is 0 Å². The van der Waals surface area contributed by atoms with Gasteiger partial charge in [0.05, 0.1) is 9.71 Å². The Morgan fingerprint density at radius 1 is 1.17 bits per heavy atom. The van der Waals surface area contributed by atoms with E-state index in [1.54, 1.807) is 6.07 Å². The number of aryl methyl sites for hydroxylation is 3. The minimum atomic E-state index is -0.479. The van der Waals surface area contributed by atoms with Gasteiger partial charge in [-0.2, -0.15) is 5.10 Å². The van der Waals surface area contributed by atoms with Gasteiger partial charge in [-0.25, -0.2) is 14.1 Å². The van der Waals surface area contributed by atoms with Crippen molar-refractivity contribution in [3.63, 3.8) is 0 Å². The second-order valence-corrected chi connectivity index (χ2v) is 8.30. The van der Waals surface area contributed by atoms with Crippen LogP contribution in [0.25, 0.3) is 21.5 Å². The van der Waals surface area contributed by atoms with Gasteiger partial charge in [-0.3, -0.25) is 9.59 Å². The van der Waals surface area contributed by atoms with E-state index in [0.717, 1.165) is 26.4 Å². The molecule has 4 rings (SSSR count). The highest BCUT2D eigenvalue weighted by atomic mass is 32.1. The Morgan fingerprint density at radius 2 is 1.97 bits per heavy atom. The lowest BCUT2D eigenvalue weighted by molar-refractivity contribution is -0.117. The summed E-state index contributed by atoms with van der Waals surface area (Å²) in [7, 11) is 0. The van der Waals surface area contributed by atoms with Gasteiger partial charge in [-0.1, -0.05) is 29.8 Å². The summed E-state index contributed by atoms with van der Waals surface area (Å²) in [6.45, 7) is 5.51. The van der Waals surface area contributed by atoms with Crippen molar-refractivity contribution in [2.45, 2.75) is 27.3 Å². The first-order chi connectivity index (χ1) is 14.3. The number of benzene rings is 2. The summed E-state index contributed by atoms with van der Waals surface area (Å²) in [6.07, 6.45) is 0. The third-order valence-corrected chi connectivity index (χ3v) is 5.62. The molecule has 0 radical (unpaired) electrons. The van der Waals surface area contributed by atoms with Crippen molar-refractivity contribution in [1.82, 2.24) is 14.8 Å². The molecule has 0 saturated carbocycles. The van der Waals surface area contributed by atoms with Crippen molar-refractivity contribution in [3.8, 4) is 11.3 Å². The number of thiazole rings is 1.